The Morgan fingerprint density at radius 2 is 1.88 bits per heavy atom. The van der Waals surface area contributed by atoms with Crippen molar-refractivity contribution in [1.29, 1.82) is 0 Å². The molecule has 0 fully saturated rings. The first-order valence-electron chi connectivity index (χ1n) is 8.92. The van der Waals surface area contributed by atoms with Crippen LogP contribution in [0, 0.1) is 0 Å². The van der Waals surface area contributed by atoms with E-state index in [0.29, 0.717) is 19.5 Å². The minimum atomic E-state index is -0.544. The van der Waals surface area contributed by atoms with Crippen molar-refractivity contribution in [2.24, 2.45) is 0 Å². The van der Waals surface area contributed by atoms with Gasteiger partial charge in [0.2, 0.25) is 11.8 Å². The number of amides is 2. The van der Waals surface area contributed by atoms with Crippen LogP contribution in [0.4, 0.5) is 0 Å². The first-order valence-corrected chi connectivity index (χ1v) is 10.1. The molecule has 0 aromatic heterocycles. The highest BCUT2D eigenvalue weighted by Crippen LogP contribution is 2.30. The summed E-state index contributed by atoms with van der Waals surface area (Å²) in [6.07, 6.45) is 3.24. The number of fused-ring (bicyclic) bond motifs is 1. The Balaban J connectivity index is 1.78. The Hall–Kier alpha value is -2.27. The Bertz CT molecular complexity index is 789. The topological polar surface area (TPSA) is 49.4 Å². The van der Waals surface area contributed by atoms with Gasteiger partial charge in [-0.15, -0.1) is 11.8 Å². The summed E-state index contributed by atoms with van der Waals surface area (Å²) in [6, 6.07) is 15.5. The van der Waals surface area contributed by atoms with Crippen LogP contribution in [0.3, 0.4) is 0 Å². The number of thioether (sulfide) groups is 1. The van der Waals surface area contributed by atoms with E-state index in [0.717, 1.165) is 23.1 Å². The van der Waals surface area contributed by atoms with Gasteiger partial charge in [-0.1, -0.05) is 43.3 Å². The van der Waals surface area contributed by atoms with E-state index in [1.165, 1.54) is 4.90 Å². The third-order valence-electron chi connectivity index (χ3n) is 4.78. The molecule has 0 radical (unpaired) electrons. The van der Waals surface area contributed by atoms with Crippen LogP contribution in [-0.2, 0) is 22.6 Å². The first-order chi connectivity index (χ1) is 12.6. The molecule has 0 saturated heterocycles. The molecule has 26 heavy (non-hydrogen) atoms. The summed E-state index contributed by atoms with van der Waals surface area (Å²) in [4.78, 5) is 28.3. The molecule has 1 N–H and O–H groups in total. The molecular formula is C21H24N2O2S. The average Bonchev–Trinajstić information content (AvgIpc) is 2.70. The molecular weight excluding hydrogens is 344 g/mol. The normalized spacial score (nSPS) is 16.1. The van der Waals surface area contributed by atoms with E-state index in [2.05, 4.69) is 17.4 Å². The Morgan fingerprint density at radius 1 is 1.15 bits per heavy atom. The van der Waals surface area contributed by atoms with Crippen LogP contribution >= 0.6 is 11.8 Å². The van der Waals surface area contributed by atoms with Gasteiger partial charge in [-0.25, -0.2) is 0 Å². The van der Waals surface area contributed by atoms with Gasteiger partial charge in [0, 0.05) is 24.4 Å². The molecule has 0 saturated carbocycles. The van der Waals surface area contributed by atoms with Gasteiger partial charge in [-0.05, 0) is 41.5 Å². The second kappa shape index (κ2) is 8.41. The molecule has 4 nitrogen and oxygen atoms in total. The Morgan fingerprint density at radius 3 is 2.58 bits per heavy atom. The zero-order valence-electron chi connectivity index (χ0n) is 15.2. The fourth-order valence-corrected chi connectivity index (χ4v) is 3.76. The highest BCUT2D eigenvalue weighted by molar-refractivity contribution is 7.98. The summed E-state index contributed by atoms with van der Waals surface area (Å²) >= 11 is 1.69. The number of rotatable bonds is 5. The van der Waals surface area contributed by atoms with Crippen molar-refractivity contribution in [3.8, 4) is 0 Å². The van der Waals surface area contributed by atoms with Gasteiger partial charge < -0.3 is 10.2 Å². The fourth-order valence-electron chi connectivity index (χ4n) is 3.35. The van der Waals surface area contributed by atoms with Crippen LogP contribution in [0.15, 0.2) is 53.4 Å². The fraction of sp³-hybridized carbons (Fsp3) is 0.333. The summed E-state index contributed by atoms with van der Waals surface area (Å²) < 4.78 is 0. The van der Waals surface area contributed by atoms with Crippen LogP contribution in [-0.4, -0.2) is 29.5 Å². The number of hydrogen-bond acceptors (Lipinski definition) is 3. The molecule has 2 aromatic carbocycles. The second-order valence-corrected chi connectivity index (χ2v) is 7.24. The maximum Gasteiger partial charge on any atom is 0.247 e. The van der Waals surface area contributed by atoms with Gasteiger partial charge in [0.15, 0.2) is 0 Å². The van der Waals surface area contributed by atoms with E-state index in [-0.39, 0.29) is 11.8 Å². The minimum absolute atomic E-state index is 0.0176. The predicted octanol–water partition coefficient (Wildman–Crippen LogP) is 3.56. The van der Waals surface area contributed by atoms with E-state index in [1.54, 1.807) is 16.7 Å². The molecule has 136 valence electrons. The molecule has 0 spiro atoms. The molecule has 1 unspecified atom stereocenters. The molecule has 3 rings (SSSR count). The molecule has 1 aliphatic heterocycles. The third kappa shape index (κ3) is 3.93. The van der Waals surface area contributed by atoms with Gasteiger partial charge in [0.1, 0.15) is 6.04 Å². The Kier molecular flexibility index (Phi) is 5.99. The molecule has 1 aliphatic rings. The standard InChI is InChI=1S/C21H24N2O2S/c1-3-19(24)23-13-12-16-6-4-5-7-18(16)20(23)21(25)22-14-15-8-10-17(26-2)11-9-15/h4-11,20H,3,12-14H2,1-2H3,(H,22,25). The number of hydrogen-bond donors (Lipinski definition) is 1. The molecule has 1 heterocycles. The minimum Gasteiger partial charge on any atom is -0.350 e. The second-order valence-electron chi connectivity index (χ2n) is 6.36. The number of nitrogens with zero attached hydrogens (tertiary/aromatic N) is 1. The smallest absolute Gasteiger partial charge is 0.247 e. The van der Waals surface area contributed by atoms with E-state index in [9.17, 15) is 9.59 Å². The highest BCUT2D eigenvalue weighted by Gasteiger charge is 2.34. The lowest BCUT2D eigenvalue weighted by Gasteiger charge is -2.36. The van der Waals surface area contributed by atoms with Crippen molar-refractivity contribution in [2.45, 2.75) is 37.2 Å². The lowest BCUT2D eigenvalue weighted by atomic mass is 9.91. The maximum atomic E-state index is 13.0. The van der Waals surface area contributed by atoms with Gasteiger partial charge in [0.25, 0.3) is 0 Å². The lowest BCUT2D eigenvalue weighted by Crippen LogP contribution is -2.46. The predicted molar refractivity (Wildman–Crippen MR) is 105 cm³/mol. The summed E-state index contributed by atoms with van der Waals surface area (Å²) in [7, 11) is 0. The molecule has 2 aromatic rings. The zero-order chi connectivity index (χ0) is 18.5. The van der Waals surface area contributed by atoms with Gasteiger partial charge in [-0.3, -0.25) is 9.59 Å². The third-order valence-corrected chi connectivity index (χ3v) is 5.52. The molecule has 5 heteroatoms. The van der Waals surface area contributed by atoms with E-state index < -0.39 is 6.04 Å². The first kappa shape index (κ1) is 18.5. The van der Waals surface area contributed by atoms with E-state index >= 15 is 0 Å². The van der Waals surface area contributed by atoms with E-state index in [1.807, 2.05) is 49.6 Å². The zero-order valence-corrected chi connectivity index (χ0v) is 16.0. The summed E-state index contributed by atoms with van der Waals surface area (Å²) in [5.41, 5.74) is 3.14. The van der Waals surface area contributed by atoms with Crippen LogP contribution in [0.2, 0.25) is 0 Å². The van der Waals surface area contributed by atoms with Crippen molar-refractivity contribution >= 4 is 23.6 Å². The van der Waals surface area contributed by atoms with Gasteiger partial charge >= 0.3 is 0 Å². The van der Waals surface area contributed by atoms with Crippen molar-refractivity contribution in [3.63, 3.8) is 0 Å². The number of nitrogens with one attached hydrogen (secondary N) is 1. The summed E-state index contributed by atoms with van der Waals surface area (Å²) in [5, 5.41) is 3.02. The van der Waals surface area contributed by atoms with Crippen LogP contribution in [0.25, 0.3) is 0 Å². The lowest BCUT2D eigenvalue weighted by molar-refractivity contribution is -0.141. The summed E-state index contributed by atoms with van der Waals surface area (Å²) in [5.74, 6) is -0.100. The van der Waals surface area contributed by atoms with Crippen LogP contribution in [0.5, 0.6) is 0 Å². The van der Waals surface area contributed by atoms with Gasteiger partial charge in [-0.2, -0.15) is 0 Å². The monoisotopic (exact) mass is 368 g/mol. The number of carbonyl (C=O) groups is 2. The summed E-state index contributed by atoms with van der Waals surface area (Å²) in [6.45, 7) is 2.88. The van der Waals surface area contributed by atoms with Crippen molar-refractivity contribution < 1.29 is 9.59 Å². The molecule has 0 bridgehead atoms. The Labute approximate surface area is 159 Å². The highest BCUT2D eigenvalue weighted by atomic mass is 32.2. The van der Waals surface area contributed by atoms with Crippen molar-refractivity contribution in [2.75, 3.05) is 12.8 Å². The molecule has 1 atom stereocenters. The maximum absolute atomic E-state index is 13.0. The number of benzene rings is 2. The molecule has 2 amide bonds. The molecule has 0 aliphatic carbocycles. The van der Waals surface area contributed by atoms with Crippen LogP contribution in [0.1, 0.15) is 36.1 Å². The van der Waals surface area contributed by atoms with Crippen molar-refractivity contribution in [1.82, 2.24) is 10.2 Å². The quantitative estimate of drug-likeness (QED) is 0.821. The average molecular weight is 369 g/mol. The SMILES string of the molecule is CCC(=O)N1CCc2ccccc2C1C(=O)NCc1ccc(SC)cc1. The van der Waals surface area contributed by atoms with E-state index in [4.69, 9.17) is 0 Å². The largest absolute Gasteiger partial charge is 0.350 e. The van der Waals surface area contributed by atoms with Crippen LogP contribution < -0.4 is 5.32 Å². The van der Waals surface area contributed by atoms with Gasteiger partial charge in [0.05, 0.1) is 0 Å². The number of carbonyl (C=O) groups excluding carboxylic acids is 2. The van der Waals surface area contributed by atoms with Crippen molar-refractivity contribution in [3.05, 3.63) is 65.2 Å².